The van der Waals surface area contributed by atoms with Crippen LogP contribution in [0.5, 0.6) is 5.88 Å². The number of hydrogen-bond acceptors (Lipinski definition) is 6. The molecule has 0 saturated carbocycles. The second-order valence-corrected chi connectivity index (χ2v) is 5.49. The van der Waals surface area contributed by atoms with Gasteiger partial charge in [-0.05, 0) is 0 Å². The van der Waals surface area contributed by atoms with Gasteiger partial charge in [-0.1, -0.05) is 11.6 Å². The molecule has 0 saturated heterocycles. The van der Waals surface area contributed by atoms with Crippen molar-refractivity contribution >= 4 is 32.3 Å². The maximum absolute atomic E-state index is 13.6. The molecule has 0 spiro atoms. The van der Waals surface area contributed by atoms with Crippen LogP contribution in [0.2, 0.25) is 5.15 Å². The molecule has 90 valence electrons. The van der Waals surface area contributed by atoms with Crippen LogP contribution >= 0.6 is 11.6 Å². The van der Waals surface area contributed by atoms with E-state index in [9.17, 15) is 17.9 Å². The smallest absolute Gasteiger partial charge is 0.250 e. The van der Waals surface area contributed by atoms with E-state index in [-0.39, 0.29) is 5.39 Å². The Labute approximate surface area is 100 Å². The van der Waals surface area contributed by atoms with Gasteiger partial charge < -0.3 is 5.11 Å². The van der Waals surface area contributed by atoms with Crippen LogP contribution in [0.1, 0.15) is 0 Å². The van der Waals surface area contributed by atoms with Gasteiger partial charge in [0, 0.05) is 12.5 Å². The van der Waals surface area contributed by atoms with E-state index in [0.29, 0.717) is 0 Å². The van der Waals surface area contributed by atoms with Crippen molar-refractivity contribution in [3.8, 4) is 5.88 Å². The summed E-state index contributed by atoms with van der Waals surface area (Å²) in [6, 6.07) is 0. The monoisotopic (exact) mass is 277 g/mol. The number of fused-ring (bicyclic) bond motifs is 1. The van der Waals surface area contributed by atoms with Gasteiger partial charge in [0.05, 0.1) is 5.39 Å². The lowest BCUT2D eigenvalue weighted by Crippen LogP contribution is -2.05. The van der Waals surface area contributed by atoms with Gasteiger partial charge in [-0.2, -0.15) is 4.98 Å². The number of aromatic hydroxyl groups is 1. The molecular formula is C8H5ClFN3O3S. The largest absolute Gasteiger partial charge is 0.493 e. The Morgan fingerprint density at radius 3 is 2.65 bits per heavy atom. The average molecular weight is 278 g/mol. The van der Waals surface area contributed by atoms with Crippen molar-refractivity contribution in [3.63, 3.8) is 0 Å². The summed E-state index contributed by atoms with van der Waals surface area (Å²) < 4.78 is 36.0. The third-order valence-electron chi connectivity index (χ3n) is 1.93. The Morgan fingerprint density at radius 2 is 2.06 bits per heavy atom. The molecule has 0 aromatic carbocycles. The van der Waals surface area contributed by atoms with E-state index in [1.807, 2.05) is 0 Å². The average Bonchev–Trinajstić information content (AvgIpc) is 2.22. The van der Waals surface area contributed by atoms with Crippen molar-refractivity contribution in [3.05, 3.63) is 17.2 Å². The number of aromatic nitrogens is 3. The van der Waals surface area contributed by atoms with Crippen LogP contribution in [0.3, 0.4) is 0 Å². The van der Waals surface area contributed by atoms with Gasteiger partial charge in [0.1, 0.15) is 5.52 Å². The zero-order valence-corrected chi connectivity index (χ0v) is 9.92. The highest BCUT2D eigenvalue weighted by Crippen LogP contribution is 2.26. The fraction of sp³-hybridized carbons (Fsp3) is 0.125. The highest BCUT2D eigenvalue weighted by Gasteiger charge is 2.19. The number of rotatable bonds is 1. The molecule has 2 aromatic heterocycles. The van der Waals surface area contributed by atoms with Crippen molar-refractivity contribution in [2.24, 2.45) is 0 Å². The number of pyridine rings is 1. The fourth-order valence-electron chi connectivity index (χ4n) is 1.17. The molecule has 2 aromatic rings. The van der Waals surface area contributed by atoms with Crippen molar-refractivity contribution < 1.29 is 17.9 Å². The van der Waals surface area contributed by atoms with E-state index < -0.39 is 37.4 Å². The van der Waals surface area contributed by atoms with E-state index >= 15 is 0 Å². The first-order chi connectivity index (χ1) is 7.80. The molecule has 0 atom stereocenters. The summed E-state index contributed by atoms with van der Waals surface area (Å²) >= 11 is 5.43. The van der Waals surface area contributed by atoms with Crippen molar-refractivity contribution in [1.29, 1.82) is 0 Å². The van der Waals surface area contributed by atoms with E-state index in [4.69, 9.17) is 11.6 Å². The molecule has 1 N–H and O–H groups in total. The number of halogens is 2. The number of hydrogen-bond donors (Lipinski definition) is 1. The Kier molecular flexibility index (Phi) is 2.63. The second kappa shape index (κ2) is 3.74. The first kappa shape index (κ1) is 11.9. The quantitative estimate of drug-likeness (QED) is 0.615. The molecule has 2 rings (SSSR count). The van der Waals surface area contributed by atoms with Gasteiger partial charge in [-0.3, -0.25) is 0 Å². The minimum atomic E-state index is -3.76. The molecule has 0 fully saturated rings. The second-order valence-electron chi connectivity index (χ2n) is 3.23. The summed E-state index contributed by atoms with van der Waals surface area (Å²) in [6.45, 7) is 0. The van der Waals surface area contributed by atoms with Crippen molar-refractivity contribution in [2.45, 2.75) is 5.16 Å². The van der Waals surface area contributed by atoms with E-state index in [0.717, 1.165) is 12.5 Å². The molecule has 17 heavy (non-hydrogen) atoms. The molecule has 0 aliphatic carbocycles. The Hall–Kier alpha value is -1.54. The standard InChI is InChI=1S/C8H5ClFN3O3S/c1-17(15,16)8-12-5-3(7(14)13-8)2-11-6(9)4(5)10/h2H,1H3,(H,12,13,14). The SMILES string of the molecule is CS(=O)(=O)c1nc(O)c2cnc(Cl)c(F)c2n1. The van der Waals surface area contributed by atoms with Crippen LogP contribution in [0.15, 0.2) is 11.4 Å². The van der Waals surface area contributed by atoms with E-state index in [2.05, 4.69) is 15.0 Å². The predicted octanol–water partition coefficient (Wildman–Crippen LogP) is 0.926. The zero-order chi connectivity index (χ0) is 12.8. The highest BCUT2D eigenvalue weighted by molar-refractivity contribution is 7.90. The summed E-state index contributed by atoms with van der Waals surface area (Å²) in [4.78, 5) is 10.3. The van der Waals surface area contributed by atoms with Gasteiger partial charge in [0.25, 0.3) is 5.16 Å². The van der Waals surface area contributed by atoms with Gasteiger partial charge in [0.15, 0.2) is 11.0 Å². The highest BCUT2D eigenvalue weighted by atomic mass is 35.5. The Morgan fingerprint density at radius 1 is 1.41 bits per heavy atom. The summed E-state index contributed by atoms with van der Waals surface area (Å²) in [7, 11) is -3.76. The van der Waals surface area contributed by atoms with Crippen LogP contribution in [0.4, 0.5) is 4.39 Å². The Balaban J connectivity index is 2.94. The van der Waals surface area contributed by atoms with Crippen LogP contribution in [0, 0.1) is 5.82 Å². The lowest BCUT2D eigenvalue weighted by Gasteiger charge is -2.03. The Bertz CT molecular complexity index is 720. The van der Waals surface area contributed by atoms with Gasteiger partial charge >= 0.3 is 0 Å². The zero-order valence-electron chi connectivity index (χ0n) is 8.35. The van der Waals surface area contributed by atoms with Crippen LogP contribution < -0.4 is 0 Å². The van der Waals surface area contributed by atoms with Crippen molar-refractivity contribution in [2.75, 3.05) is 6.26 Å². The molecule has 0 unspecified atom stereocenters. The molecule has 0 aliphatic rings. The van der Waals surface area contributed by atoms with Crippen LogP contribution in [-0.2, 0) is 9.84 Å². The predicted molar refractivity (Wildman–Crippen MR) is 57.1 cm³/mol. The molecule has 2 heterocycles. The van der Waals surface area contributed by atoms with E-state index in [1.54, 1.807) is 0 Å². The van der Waals surface area contributed by atoms with E-state index in [1.165, 1.54) is 0 Å². The summed E-state index contributed by atoms with van der Waals surface area (Å²) in [6.07, 6.45) is 1.90. The van der Waals surface area contributed by atoms with Gasteiger partial charge in [0.2, 0.25) is 15.7 Å². The van der Waals surface area contributed by atoms with Gasteiger partial charge in [-0.15, -0.1) is 0 Å². The lowest BCUT2D eigenvalue weighted by molar-refractivity contribution is 0.450. The lowest BCUT2D eigenvalue weighted by atomic mass is 10.3. The molecule has 0 radical (unpaired) electrons. The summed E-state index contributed by atoms with van der Waals surface area (Å²) in [5.74, 6) is -1.68. The molecule has 6 nitrogen and oxygen atoms in total. The molecule has 0 bridgehead atoms. The minimum Gasteiger partial charge on any atom is -0.493 e. The normalized spacial score (nSPS) is 11.9. The first-order valence-corrected chi connectivity index (χ1v) is 6.48. The molecule has 9 heteroatoms. The molecule has 0 aliphatic heterocycles. The molecular weight excluding hydrogens is 273 g/mol. The maximum Gasteiger partial charge on any atom is 0.250 e. The third kappa shape index (κ3) is 2.01. The number of sulfone groups is 1. The fourth-order valence-corrected chi connectivity index (χ4v) is 1.81. The molecule has 0 amide bonds. The minimum absolute atomic E-state index is 0.112. The third-order valence-corrected chi connectivity index (χ3v) is 3.04. The van der Waals surface area contributed by atoms with Crippen molar-refractivity contribution in [1.82, 2.24) is 15.0 Å². The van der Waals surface area contributed by atoms with Gasteiger partial charge in [-0.25, -0.2) is 22.8 Å². The topological polar surface area (TPSA) is 93.0 Å². The summed E-state index contributed by atoms with van der Waals surface area (Å²) in [5, 5.41) is 8.21. The number of nitrogens with zero attached hydrogens (tertiary/aromatic N) is 3. The first-order valence-electron chi connectivity index (χ1n) is 4.21. The van der Waals surface area contributed by atoms with Crippen LogP contribution in [0.25, 0.3) is 10.9 Å². The maximum atomic E-state index is 13.6. The summed E-state index contributed by atoms with van der Waals surface area (Å²) in [5.41, 5.74) is -0.391. The van der Waals surface area contributed by atoms with Crippen LogP contribution in [-0.4, -0.2) is 34.7 Å².